The molecule has 88 valence electrons. The van der Waals surface area contributed by atoms with E-state index in [1.165, 1.54) is 5.56 Å². The zero-order chi connectivity index (χ0) is 11.4. The molecule has 0 aliphatic carbocycles. The third kappa shape index (κ3) is 2.58. The molecule has 1 aromatic heterocycles. The number of nitrogens with zero attached hydrogens (tertiary/aromatic N) is 1. The van der Waals surface area contributed by atoms with Crippen molar-refractivity contribution in [1.82, 2.24) is 4.98 Å². The fraction of sp³-hybridized carbons (Fsp3) is 0.583. The van der Waals surface area contributed by atoms with E-state index >= 15 is 0 Å². The second-order valence-electron chi connectivity index (χ2n) is 4.13. The summed E-state index contributed by atoms with van der Waals surface area (Å²) >= 11 is 0. The Kier molecular flexibility index (Phi) is 3.88. The normalized spacial score (nSPS) is 25.0. The lowest BCUT2D eigenvalue weighted by atomic mass is 9.91. The highest BCUT2D eigenvalue weighted by molar-refractivity contribution is 5.17. The van der Waals surface area contributed by atoms with E-state index in [1.54, 1.807) is 12.4 Å². The first-order valence-electron chi connectivity index (χ1n) is 5.64. The maximum Gasteiger partial charge on any atom is 0.0965 e. The average Bonchev–Trinajstić information content (AvgIpc) is 2.39. The Labute approximate surface area is 95.8 Å². The van der Waals surface area contributed by atoms with Crippen LogP contribution in [-0.2, 0) is 9.47 Å². The van der Waals surface area contributed by atoms with Crippen LogP contribution in [0.4, 0.5) is 0 Å². The van der Waals surface area contributed by atoms with Crippen LogP contribution < -0.4 is 5.73 Å². The molecule has 1 aliphatic rings. The fourth-order valence-corrected chi connectivity index (χ4v) is 1.94. The van der Waals surface area contributed by atoms with E-state index in [2.05, 4.69) is 11.9 Å². The van der Waals surface area contributed by atoms with E-state index in [1.807, 2.05) is 12.1 Å². The maximum absolute atomic E-state index is 6.20. The molecule has 4 heteroatoms. The first-order valence-corrected chi connectivity index (χ1v) is 5.64. The van der Waals surface area contributed by atoms with Gasteiger partial charge in [-0.3, -0.25) is 4.98 Å². The molecule has 2 heterocycles. The van der Waals surface area contributed by atoms with Gasteiger partial charge in [-0.25, -0.2) is 0 Å². The van der Waals surface area contributed by atoms with Crippen molar-refractivity contribution in [3.63, 3.8) is 0 Å². The Bertz CT molecular complexity index is 312. The topological polar surface area (TPSA) is 57.4 Å². The Balaban J connectivity index is 2.00. The van der Waals surface area contributed by atoms with Gasteiger partial charge in [0.15, 0.2) is 0 Å². The summed E-state index contributed by atoms with van der Waals surface area (Å²) in [5, 5.41) is 0. The Morgan fingerprint density at radius 2 is 2.12 bits per heavy atom. The van der Waals surface area contributed by atoms with Gasteiger partial charge in [-0.2, -0.15) is 0 Å². The van der Waals surface area contributed by atoms with Crippen molar-refractivity contribution in [2.24, 2.45) is 5.73 Å². The molecule has 4 nitrogen and oxygen atoms in total. The summed E-state index contributed by atoms with van der Waals surface area (Å²) in [6, 6.07) is 3.95. The number of rotatable bonds is 3. The molecule has 2 N–H and O–H groups in total. The summed E-state index contributed by atoms with van der Waals surface area (Å²) in [5.41, 5.74) is 7.39. The van der Waals surface area contributed by atoms with Gasteiger partial charge in [-0.05, 0) is 23.6 Å². The Morgan fingerprint density at radius 1 is 1.38 bits per heavy atom. The van der Waals surface area contributed by atoms with E-state index < -0.39 is 0 Å². The first kappa shape index (κ1) is 11.5. The molecule has 3 unspecified atom stereocenters. The van der Waals surface area contributed by atoms with E-state index in [4.69, 9.17) is 15.2 Å². The third-order valence-electron chi connectivity index (χ3n) is 3.08. The largest absolute Gasteiger partial charge is 0.376 e. The van der Waals surface area contributed by atoms with E-state index in [0.717, 1.165) is 0 Å². The van der Waals surface area contributed by atoms with Crippen molar-refractivity contribution in [2.45, 2.75) is 25.0 Å². The summed E-state index contributed by atoms with van der Waals surface area (Å²) in [6.07, 6.45) is 3.57. The molecule has 1 aromatic rings. The molecule has 1 aliphatic heterocycles. The SMILES string of the molecule is CC(c1ccncc1)C(N)C1COCCO1. The van der Waals surface area contributed by atoms with Crippen LogP contribution in [0.3, 0.4) is 0 Å². The molecule has 0 saturated carbocycles. The highest BCUT2D eigenvalue weighted by Gasteiger charge is 2.27. The number of aromatic nitrogens is 1. The molecule has 0 aromatic carbocycles. The smallest absolute Gasteiger partial charge is 0.0965 e. The van der Waals surface area contributed by atoms with Crippen LogP contribution in [0.1, 0.15) is 18.4 Å². The molecule has 0 spiro atoms. The lowest BCUT2D eigenvalue weighted by Crippen LogP contribution is -2.46. The molecule has 0 bridgehead atoms. The van der Waals surface area contributed by atoms with Crippen LogP contribution >= 0.6 is 0 Å². The fourth-order valence-electron chi connectivity index (χ4n) is 1.94. The molecule has 1 saturated heterocycles. The van der Waals surface area contributed by atoms with Gasteiger partial charge in [-0.1, -0.05) is 6.92 Å². The minimum Gasteiger partial charge on any atom is -0.376 e. The van der Waals surface area contributed by atoms with Crippen LogP contribution in [0.5, 0.6) is 0 Å². The predicted molar refractivity (Wildman–Crippen MR) is 61.2 cm³/mol. The van der Waals surface area contributed by atoms with Gasteiger partial charge in [0, 0.05) is 18.4 Å². The van der Waals surface area contributed by atoms with Gasteiger partial charge >= 0.3 is 0 Å². The Morgan fingerprint density at radius 3 is 2.75 bits per heavy atom. The van der Waals surface area contributed by atoms with Crippen molar-refractivity contribution in [3.8, 4) is 0 Å². The van der Waals surface area contributed by atoms with E-state index in [0.29, 0.717) is 19.8 Å². The summed E-state index contributed by atoms with van der Waals surface area (Å²) in [7, 11) is 0. The van der Waals surface area contributed by atoms with E-state index in [9.17, 15) is 0 Å². The molecule has 0 amide bonds. The number of ether oxygens (including phenoxy) is 2. The average molecular weight is 222 g/mol. The second kappa shape index (κ2) is 5.39. The monoisotopic (exact) mass is 222 g/mol. The Hall–Kier alpha value is -0.970. The van der Waals surface area contributed by atoms with Crippen molar-refractivity contribution in [1.29, 1.82) is 0 Å². The van der Waals surface area contributed by atoms with Crippen LogP contribution in [0.25, 0.3) is 0 Å². The van der Waals surface area contributed by atoms with Crippen molar-refractivity contribution in [3.05, 3.63) is 30.1 Å². The van der Waals surface area contributed by atoms with Crippen molar-refractivity contribution in [2.75, 3.05) is 19.8 Å². The highest BCUT2D eigenvalue weighted by atomic mass is 16.6. The van der Waals surface area contributed by atoms with Crippen LogP contribution in [0.2, 0.25) is 0 Å². The summed E-state index contributed by atoms with van der Waals surface area (Å²) in [5.74, 6) is 0.245. The highest BCUT2D eigenvalue weighted by Crippen LogP contribution is 2.21. The van der Waals surface area contributed by atoms with Gasteiger partial charge in [0.25, 0.3) is 0 Å². The zero-order valence-electron chi connectivity index (χ0n) is 9.50. The predicted octanol–water partition coefficient (Wildman–Crippen LogP) is 0.928. The second-order valence-corrected chi connectivity index (χ2v) is 4.13. The maximum atomic E-state index is 6.20. The minimum atomic E-state index is -0.0392. The standard InChI is InChI=1S/C12H18N2O2/c1-9(10-2-4-14-5-3-10)12(13)11-8-15-6-7-16-11/h2-5,9,11-12H,6-8,13H2,1H3. The summed E-state index contributed by atoms with van der Waals surface area (Å²) in [4.78, 5) is 4.00. The van der Waals surface area contributed by atoms with E-state index in [-0.39, 0.29) is 18.1 Å². The zero-order valence-corrected chi connectivity index (χ0v) is 9.50. The number of nitrogens with two attached hydrogens (primary N) is 1. The first-order chi connectivity index (χ1) is 7.79. The molecule has 3 atom stereocenters. The lowest BCUT2D eigenvalue weighted by molar-refractivity contribution is -0.0991. The van der Waals surface area contributed by atoms with Crippen LogP contribution in [0, 0.1) is 0 Å². The van der Waals surface area contributed by atoms with Gasteiger partial charge in [0.2, 0.25) is 0 Å². The van der Waals surface area contributed by atoms with Crippen LogP contribution in [-0.4, -0.2) is 37.0 Å². The number of hydrogen-bond acceptors (Lipinski definition) is 4. The van der Waals surface area contributed by atoms with Crippen molar-refractivity contribution < 1.29 is 9.47 Å². The molecule has 0 radical (unpaired) electrons. The minimum absolute atomic E-state index is 0.00286. The number of hydrogen-bond donors (Lipinski definition) is 1. The molecular formula is C12H18N2O2. The van der Waals surface area contributed by atoms with Gasteiger partial charge in [0.1, 0.15) is 0 Å². The molecule has 16 heavy (non-hydrogen) atoms. The molecule has 2 rings (SSSR count). The third-order valence-corrected chi connectivity index (χ3v) is 3.08. The molecule has 1 fully saturated rings. The van der Waals surface area contributed by atoms with Gasteiger partial charge in [0.05, 0.1) is 25.9 Å². The summed E-state index contributed by atoms with van der Waals surface area (Å²) < 4.78 is 11.0. The lowest BCUT2D eigenvalue weighted by Gasteiger charge is -2.31. The van der Waals surface area contributed by atoms with Gasteiger partial charge < -0.3 is 15.2 Å². The number of pyridine rings is 1. The molecular weight excluding hydrogens is 204 g/mol. The summed E-state index contributed by atoms with van der Waals surface area (Å²) in [6.45, 7) is 4.02. The van der Waals surface area contributed by atoms with Crippen molar-refractivity contribution >= 4 is 0 Å². The van der Waals surface area contributed by atoms with Crippen LogP contribution in [0.15, 0.2) is 24.5 Å². The quantitative estimate of drug-likeness (QED) is 0.826. The van der Waals surface area contributed by atoms with Gasteiger partial charge in [-0.15, -0.1) is 0 Å².